The minimum Gasteiger partial charge on any atom is -0.478 e. The Hall–Kier alpha value is -1.30. The van der Waals surface area contributed by atoms with Gasteiger partial charge in [-0.2, -0.15) is 11.8 Å². The van der Waals surface area contributed by atoms with E-state index in [2.05, 4.69) is 5.32 Å². The van der Waals surface area contributed by atoms with E-state index in [0.29, 0.717) is 6.54 Å². The lowest BCUT2D eigenvalue weighted by molar-refractivity contribution is 0.0696. The second kappa shape index (κ2) is 4.76. The topological polar surface area (TPSA) is 49.3 Å². The highest BCUT2D eigenvalue weighted by Crippen LogP contribution is 2.47. The third-order valence-electron chi connectivity index (χ3n) is 3.12. The first-order valence-electron chi connectivity index (χ1n) is 5.49. The predicted molar refractivity (Wildman–Crippen MR) is 67.3 cm³/mol. The molecule has 0 amide bonds. The van der Waals surface area contributed by atoms with Crippen molar-refractivity contribution in [3.8, 4) is 0 Å². The van der Waals surface area contributed by atoms with Crippen molar-refractivity contribution in [1.29, 1.82) is 0 Å². The molecule has 2 rings (SSSR count). The van der Waals surface area contributed by atoms with Gasteiger partial charge in [0.2, 0.25) is 0 Å². The monoisotopic (exact) mass is 273 g/mol. The van der Waals surface area contributed by atoms with Crippen LogP contribution in [0.25, 0.3) is 0 Å². The van der Waals surface area contributed by atoms with Crippen molar-refractivity contribution in [3.05, 3.63) is 29.3 Å². The zero-order valence-corrected chi connectivity index (χ0v) is 10.6. The van der Waals surface area contributed by atoms with Crippen LogP contribution < -0.4 is 5.32 Å². The molecule has 98 valence electrons. The lowest BCUT2D eigenvalue weighted by Crippen LogP contribution is -2.19. The molecule has 1 saturated carbocycles. The van der Waals surface area contributed by atoms with Gasteiger partial charge >= 0.3 is 5.97 Å². The molecule has 0 bridgehead atoms. The molecule has 1 aromatic carbocycles. The molecule has 2 N–H and O–H groups in total. The van der Waals surface area contributed by atoms with E-state index < -0.39 is 17.6 Å². The molecule has 3 nitrogen and oxygen atoms in total. The van der Waals surface area contributed by atoms with Crippen LogP contribution in [0.3, 0.4) is 0 Å². The molecule has 1 aliphatic carbocycles. The number of carboxylic acids is 1. The van der Waals surface area contributed by atoms with Gasteiger partial charge in [0.25, 0.3) is 0 Å². The maximum atomic E-state index is 13.6. The Bertz CT molecular complexity index is 466. The van der Waals surface area contributed by atoms with E-state index in [-0.39, 0.29) is 16.0 Å². The van der Waals surface area contributed by atoms with Crippen molar-refractivity contribution in [3.63, 3.8) is 0 Å². The third kappa shape index (κ3) is 2.58. The van der Waals surface area contributed by atoms with Gasteiger partial charge in [0, 0.05) is 11.3 Å². The van der Waals surface area contributed by atoms with Gasteiger partial charge in [-0.25, -0.2) is 13.6 Å². The smallest absolute Gasteiger partial charge is 0.335 e. The number of aromatic carboxylic acids is 1. The van der Waals surface area contributed by atoms with Crippen molar-refractivity contribution in [1.82, 2.24) is 0 Å². The highest BCUT2D eigenvalue weighted by atomic mass is 32.2. The number of anilines is 1. The Balaban J connectivity index is 2.15. The van der Waals surface area contributed by atoms with Crippen LogP contribution in [0.4, 0.5) is 14.5 Å². The largest absolute Gasteiger partial charge is 0.478 e. The number of thioether (sulfide) groups is 1. The van der Waals surface area contributed by atoms with Crippen molar-refractivity contribution >= 4 is 23.4 Å². The zero-order chi connectivity index (χ0) is 13.3. The normalized spacial score (nSPS) is 16.4. The molecule has 0 unspecified atom stereocenters. The number of carboxylic acid groups (broad SMARTS) is 1. The van der Waals surface area contributed by atoms with E-state index in [0.717, 1.165) is 25.0 Å². The van der Waals surface area contributed by atoms with Crippen LogP contribution in [0.5, 0.6) is 0 Å². The summed E-state index contributed by atoms with van der Waals surface area (Å²) in [5.74, 6) is -3.09. The molecular weight excluding hydrogens is 260 g/mol. The quantitative estimate of drug-likeness (QED) is 0.866. The highest BCUT2D eigenvalue weighted by molar-refractivity contribution is 8.00. The molecule has 0 radical (unpaired) electrons. The molecule has 0 saturated heterocycles. The summed E-state index contributed by atoms with van der Waals surface area (Å²) in [5.41, 5.74) is -0.637. The predicted octanol–water partition coefficient (Wildman–Crippen LogP) is 2.97. The highest BCUT2D eigenvalue weighted by Gasteiger charge is 2.41. The molecule has 1 aliphatic rings. The van der Waals surface area contributed by atoms with Gasteiger partial charge < -0.3 is 10.4 Å². The van der Waals surface area contributed by atoms with Gasteiger partial charge in [-0.3, -0.25) is 0 Å². The van der Waals surface area contributed by atoms with Crippen LogP contribution in [0, 0.1) is 11.6 Å². The summed E-state index contributed by atoms with van der Waals surface area (Å²) in [4.78, 5) is 10.6. The fourth-order valence-electron chi connectivity index (χ4n) is 1.71. The summed E-state index contributed by atoms with van der Waals surface area (Å²) >= 11 is 1.68. The molecule has 0 aromatic heterocycles. The number of nitrogens with one attached hydrogen (secondary N) is 1. The number of hydrogen-bond donors (Lipinski definition) is 2. The van der Waals surface area contributed by atoms with Gasteiger partial charge in [-0.1, -0.05) is 0 Å². The maximum absolute atomic E-state index is 13.6. The van der Waals surface area contributed by atoms with Crippen molar-refractivity contribution < 1.29 is 18.7 Å². The number of carbonyl (C=O) groups is 1. The van der Waals surface area contributed by atoms with Gasteiger partial charge in [0.15, 0.2) is 0 Å². The van der Waals surface area contributed by atoms with Gasteiger partial charge in [-0.05, 0) is 31.2 Å². The Morgan fingerprint density at radius 2 is 2.00 bits per heavy atom. The molecule has 18 heavy (non-hydrogen) atoms. The van der Waals surface area contributed by atoms with Crippen molar-refractivity contribution in [2.24, 2.45) is 0 Å². The Morgan fingerprint density at radius 1 is 1.44 bits per heavy atom. The van der Waals surface area contributed by atoms with Crippen LogP contribution in [0.1, 0.15) is 23.2 Å². The van der Waals surface area contributed by atoms with E-state index in [1.165, 1.54) is 0 Å². The fraction of sp³-hybridized carbons (Fsp3) is 0.417. The van der Waals surface area contributed by atoms with E-state index in [1.54, 1.807) is 11.8 Å². The molecule has 0 heterocycles. The minimum atomic E-state index is -1.35. The Kier molecular flexibility index (Phi) is 3.47. The summed E-state index contributed by atoms with van der Waals surface area (Å²) in [5, 5.41) is 11.4. The number of rotatable bonds is 5. The van der Waals surface area contributed by atoms with Crippen LogP contribution in [-0.2, 0) is 0 Å². The average Bonchev–Trinajstić information content (AvgIpc) is 3.08. The second-order valence-electron chi connectivity index (χ2n) is 4.36. The average molecular weight is 273 g/mol. The Labute approximate surface area is 108 Å². The third-order valence-corrected chi connectivity index (χ3v) is 4.54. The number of hydrogen-bond acceptors (Lipinski definition) is 3. The lowest BCUT2D eigenvalue weighted by atomic mass is 10.2. The summed E-state index contributed by atoms with van der Waals surface area (Å²) in [6.07, 6.45) is 4.02. The molecule has 0 aliphatic heterocycles. The van der Waals surface area contributed by atoms with Crippen molar-refractivity contribution in [2.45, 2.75) is 17.6 Å². The van der Waals surface area contributed by atoms with E-state index in [1.807, 2.05) is 6.26 Å². The zero-order valence-electron chi connectivity index (χ0n) is 9.80. The number of benzene rings is 1. The standard InChI is InChI=1S/C12H13F2NO2S/c1-18-12(2-3-12)6-15-10-8(13)4-7(11(16)17)5-9(10)14/h4-5,15H,2-3,6H2,1H3,(H,16,17). The van der Waals surface area contributed by atoms with Crippen molar-refractivity contribution in [2.75, 3.05) is 18.1 Å². The Morgan fingerprint density at radius 3 is 2.39 bits per heavy atom. The molecular formula is C12H13F2NO2S. The first-order valence-corrected chi connectivity index (χ1v) is 6.71. The van der Waals surface area contributed by atoms with E-state index in [4.69, 9.17) is 5.11 Å². The van der Waals surface area contributed by atoms with E-state index in [9.17, 15) is 13.6 Å². The van der Waals surface area contributed by atoms with Crippen LogP contribution in [-0.4, -0.2) is 28.6 Å². The summed E-state index contributed by atoms with van der Waals surface area (Å²) in [6.45, 7) is 0.481. The first kappa shape index (κ1) is 13.1. The first-order chi connectivity index (χ1) is 8.47. The molecule has 0 spiro atoms. The van der Waals surface area contributed by atoms with Crippen LogP contribution in [0.15, 0.2) is 12.1 Å². The molecule has 1 fully saturated rings. The van der Waals surface area contributed by atoms with Gasteiger partial charge in [-0.15, -0.1) is 0 Å². The second-order valence-corrected chi connectivity index (χ2v) is 5.64. The minimum absolute atomic E-state index is 0.0738. The van der Waals surface area contributed by atoms with Gasteiger partial charge in [0.05, 0.1) is 5.56 Å². The summed E-state index contributed by atoms with van der Waals surface area (Å²) < 4.78 is 27.3. The SMILES string of the molecule is CSC1(CNc2c(F)cc(C(=O)O)cc2F)CC1. The van der Waals surface area contributed by atoms with Crippen LogP contribution >= 0.6 is 11.8 Å². The summed E-state index contributed by atoms with van der Waals surface area (Å²) in [6, 6.07) is 1.65. The van der Waals surface area contributed by atoms with Crippen LogP contribution in [0.2, 0.25) is 0 Å². The molecule has 1 aromatic rings. The summed E-state index contributed by atoms with van der Waals surface area (Å²) in [7, 11) is 0. The molecule has 0 atom stereocenters. The number of halogens is 2. The molecule has 6 heteroatoms. The fourth-order valence-corrected chi connectivity index (χ4v) is 2.43. The lowest BCUT2D eigenvalue weighted by Gasteiger charge is -2.15. The maximum Gasteiger partial charge on any atom is 0.335 e. The van der Waals surface area contributed by atoms with Gasteiger partial charge in [0.1, 0.15) is 17.3 Å². The van der Waals surface area contributed by atoms with E-state index >= 15 is 0 Å².